The molecule has 0 N–H and O–H groups in total. The van der Waals surface area contributed by atoms with E-state index in [-0.39, 0.29) is 5.97 Å². The second-order valence-corrected chi connectivity index (χ2v) is 22.4. The number of hydrogen-bond donors (Lipinski definition) is 0. The van der Waals surface area contributed by atoms with E-state index in [1.807, 2.05) is 30.3 Å². The summed E-state index contributed by atoms with van der Waals surface area (Å²) in [6.07, 6.45) is 11.7. The zero-order chi connectivity index (χ0) is 21.0. The van der Waals surface area contributed by atoms with E-state index in [1.165, 1.54) is 51.8 Å². The van der Waals surface area contributed by atoms with Crippen LogP contribution in [0.4, 0.5) is 0 Å². The number of carbonyl (C=O) groups is 1. The number of carbonyl (C=O) groups excluding carboxylic acids is 1. The second-order valence-electron chi connectivity index (χ2n) is 8.47. The van der Waals surface area contributed by atoms with Crippen molar-refractivity contribution in [1.82, 2.24) is 0 Å². The van der Waals surface area contributed by atoms with E-state index in [0.717, 1.165) is 5.56 Å². The Kier molecular flexibility index (Phi) is 11.4. The Hall–Kier alpha value is -0.811. The van der Waals surface area contributed by atoms with Crippen LogP contribution in [0.3, 0.4) is 0 Å². The maximum absolute atomic E-state index is 13.1. The normalized spacial score (nSPS) is 19.3. The van der Waals surface area contributed by atoms with Gasteiger partial charge in [0.15, 0.2) is 0 Å². The summed E-state index contributed by atoms with van der Waals surface area (Å²) in [7, 11) is 0. The second kappa shape index (κ2) is 13.5. The average molecular weight is 507 g/mol. The first-order valence-corrected chi connectivity index (χ1v) is 19.4. The van der Waals surface area contributed by atoms with Crippen LogP contribution in [0, 0.1) is 0 Å². The van der Waals surface area contributed by atoms with Crippen molar-refractivity contribution in [3.63, 3.8) is 0 Å². The number of rotatable bonds is 13. The van der Waals surface area contributed by atoms with Crippen LogP contribution in [0.2, 0.25) is 17.2 Å². The van der Waals surface area contributed by atoms with Crippen molar-refractivity contribution in [2.75, 3.05) is 6.61 Å². The monoisotopic (exact) mass is 508 g/mol. The first kappa shape index (κ1) is 24.5. The molecule has 0 saturated carbocycles. The van der Waals surface area contributed by atoms with Gasteiger partial charge in [-0.2, -0.15) is 0 Å². The number of benzene rings is 1. The third-order valence-electron chi connectivity index (χ3n) is 6.29. The summed E-state index contributed by atoms with van der Waals surface area (Å²) >= 11 is -2.64. The van der Waals surface area contributed by atoms with Gasteiger partial charge in [0.2, 0.25) is 0 Å². The molecule has 1 aliphatic heterocycles. The van der Waals surface area contributed by atoms with E-state index in [1.54, 1.807) is 0 Å². The minimum absolute atomic E-state index is 0.159. The fourth-order valence-corrected chi connectivity index (χ4v) is 22.7. The van der Waals surface area contributed by atoms with Crippen LogP contribution in [0.5, 0.6) is 0 Å². The van der Waals surface area contributed by atoms with Crippen molar-refractivity contribution in [3.8, 4) is 0 Å². The Morgan fingerprint density at radius 1 is 1.00 bits per heavy atom. The van der Waals surface area contributed by atoms with Gasteiger partial charge < -0.3 is 0 Å². The van der Waals surface area contributed by atoms with Gasteiger partial charge in [0.25, 0.3) is 0 Å². The van der Waals surface area contributed by atoms with Crippen molar-refractivity contribution < 1.29 is 14.3 Å². The van der Waals surface area contributed by atoms with E-state index < -0.39 is 24.5 Å². The molecule has 2 rings (SSSR count). The third-order valence-corrected chi connectivity index (χ3v) is 23.3. The molecule has 1 heterocycles. The van der Waals surface area contributed by atoms with E-state index in [0.29, 0.717) is 17.1 Å². The third kappa shape index (κ3) is 7.43. The van der Waals surface area contributed by atoms with Gasteiger partial charge in [-0.05, 0) is 0 Å². The van der Waals surface area contributed by atoms with Gasteiger partial charge in [0, 0.05) is 0 Å². The molecule has 0 spiro atoms. The van der Waals surface area contributed by atoms with Crippen LogP contribution >= 0.6 is 0 Å². The molecule has 0 fully saturated rings. The minimum atomic E-state index is -2.64. The predicted octanol–water partition coefficient (Wildman–Crippen LogP) is 6.90. The number of unbranched alkanes of at least 4 members (excludes halogenated alkanes) is 3. The van der Waals surface area contributed by atoms with Gasteiger partial charge in [-0.25, -0.2) is 0 Å². The Balaban J connectivity index is 2.20. The quantitative estimate of drug-likeness (QED) is 0.166. The molecule has 0 saturated heterocycles. The summed E-state index contributed by atoms with van der Waals surface area (Å²) < 4.78 is 16.2. The molecule has 1 aromatic carbocycles. The van der Waals surface area contributed by atoms with Crippen LogP contribution < -0.4 is 0 Å². The van der Waals surface area contributed by atoms with E-state index in [4.69, 9.17) is 9.47 Å². The first-order valence-electron chi connectivity index (χ1n) is 11.7. The average Bonchev–Trinajstić information content (AvgIpc) is 2.78. The summed E-state index contributed by atoms with van der Waals surface area (Å²) in [5.41, 5.74) is 1.03. The summed E-state index contributed by atoms with van der Waals surface area (Å²) in [6, 6.07) is 9.94. The molecule has 2 atom stereocenters. The Bertz CT molecular complexity index is 592. The Labute approximate surface area is 182 Å². The van der Waals surface area contributed by atoms with Crippen molar-refractivity contribution in [3.05, 3.63) is 48.0 Å². The number of ether oxygens (including phenoxy) is 2. The van der Waals surface area contributed by atoms with E-state index in [9.17, 15) is 4.79 Å². The fourth-order valence-electron chi connectivity index (χ4n) is 4.58. The molecule has 1 aromatic rings. The standard InChI is InChI=1S/C13H13O3.3C4H9.Sn/c14-13(12-8-4-5-9-15-12)16-10-11-6-2-1-3-7-11;3*1-3-4-2;/h1-8,12H,9-10H2;3*1,3-4H2,2H3;/t12-;;;;/m0..../s1. The molecule has 29 heavy (non-hydrogen) atoms. The van der Waals surface area contributed by atoms with Gasteiger partial charge in [-0.15, -0.1) is 0 Å². The van der Waals surface area contributed by atoms with Gasteiger partial charge in [0.05, 0.1) is 0 Å². The molecular formula is C25H40O3Sn. The molecule has 0 unspecified atom stereocenters. The molecule has 0 radical (unpaired) electrons. The Morgan fingerprint density at radius 3 is 2.14 bits per heavy atom. The van der Waals surface area contributed by atoms with Crippen LogP contribution in [0.1, 0.15) is 64.9 Å². The number of hydrogen-bond acceptors (Lipinski definition) is 3. The van der Waals surface area contributed by atoms with E-state index >= 15 is 0 Å². The van der Waals surface area contributed by atoms with Crippen LogP contribution in [0.25, 0.3) is 0 Å². The van der Waals surface area contributed by atoms with Gasteiger partial charge in [-0.1, -0.05) is 0 Å². The van der Waals surface area contributed by atoms with Gasteiger partial charge >= 0.3 is 183 Å². The van der Waals surface area contributed by atoms with Crippen molar-refractivity contribution in [2.24, 2.45) is 0 Å². The molecule has 3 nitrogen and oxygen atoms in total. The molecule has 0 aromatic heterocycles. The van der Waals surface area contributed by atoms with Gasteiger partial charge in [-0.3, -0.25) is 0 Å². The fraction of sp³-hybridized carbons (Fsp3) is 0.640. The van der Waals surface area contributed by atoms with E-state index in [2.05, 4.69) is 32.9 Å². The molecule has 0 aliphatic carbocycles. The van der Waals surface area contributed by atoms with Crippen LogP contribution in [-0.4, -0.2) is 37.1 Å². The van der Waals surface area contributed by atoms with Crippen molar-refractivity contribution >= 4 is 24.3 Å². The molecular weight excluding hydrogens is 467 g/mol. The molecule has 4 heteroatoms. The van der Waals surface area contributed by atoms with Crippen LogP contribution in [0.15, 0.2) is 42.5 Å². The molecule has 0 bridgehead atoms. The Morgan fingerprint density at radius 2 is 1.59 bits per heavy atom. The summed E-state index contributed by atoms with van der Waals surface area (Å²) in [4.78, 5) is 13.1. The zero-order valence-electron chi connectivity index (χ0n) is 18.7. The van der Waals surface area contributed by atoms with Crippen molar-refractivity contribution in [1.29, 1.82) is 0 Å². The molecule has 1 aliphatic rings. The zero-order valence-corrected chi connectivity index (χ0v) is 21.6. The molecule has 162 valence electrons. The SMILES string of the molecule is CCC[CH2][Sn]([CH2]CCC)([CH2]CCC)[C@@H]1C=CCO[C@@H]1C(=O)OCc1ccccc1. The molecule has 0 amide bonds. The topological polar surface area (TPSA) is 35.5 Å². The number of esters is 1. The summed E-state index contributed by atoms with van der Waals surface area (Å²) in [5.74, 6) is -0.159. The van der Waals surface area contributed by atoms with Gasteiger partial charge in [0.1, 0.15) is 0 Å². The maximum atomic E-state index is 13.1. The van der Waals surface area contributed by atoms with Crippen LogP contribution in [-0.2, 0) is 20.9 Å². The summed E-state index contributed by atoms with van der Waals surface area (Å²) in [6.45, 7) is 7.72. The summed E-state index contributed by atoms with van der Waals surface area (Å²) in [5, 5.41) is 0. The first-order chi connectivity index (χ1) is 14.2. The van der Waals surface area contributed by atoms with Crippen molar-refractivity contribution in [2.45, 2.75) is 89.3 Å². The predicted molar refractivity (Wildman–Crippen MR) is 124 cm³/mol.